The van der Waals surface area contributed by atoms with E-state index in [1.807, 2.05) is 17.5 Å². The molecule has 1 aliphatic heterocycles. The fourth-order valence-corrected chi connectivity index (χ4v) is 3.24. The summed E-state index contributed by atoms with van der Waals surface area (Å²) in [5.74, 6) is 0.659. The van der Waals surface area contributed by atoms with Crippen molar-refractivity contribution in [2.45, 2.75) is 13.0 Å². The first kappa shape index (κ1) is 13.9. The monoisotopic (exact) mass is 327 g/mol. The van der Waals surface area contributed by atoms with E-state index in [-0.39, 0.29) is 11.9 Å². The van der Waals surface area contributed by atoms with Crippen molar-refractivity contribution in [3.63, 3.8) is 0 Å². The molecule has 0 radical (unpaired) electrons. The molecule has 1 aliphatic rings. The van der Waals surface area contributed by atoms with Crippen molar-refractivity contribution in [2.24, 2.45) is 0 Å². The third-order valence-electron chi connectivity index (χ3n) is 3.75. The SMILES string of the molecule is Nc1ncc2c(n1)CN(C(=O)c1cc(-c3cccs3)on1)CC2. The number of rotatable bonds is 2. The largest absolute Gasteiger partial charge is 0.368 e. The van der Waals surface area contributed by atoms with Crippen molar-refractivity contribution in [1.82, 2.24) is 20.0 Å². The Kier molecular flexibility index (Phi) is 3.30. The van der Waals surface area contributed by atoms with Crippen LogP contribution in [0.3, 0.4) is 0 Å². The third kappa shape index (κ3) is 2.57. The summed E-state index contributed by atoms with van der Waals surface area (Å²) in [7, 11) is 0. The first-order chi connectivity index (χ1) is 11.2. The number of hydrogen-bond acceptors (Lipinski definition) is 7. The number of fused-ring (bicyclic) bond motifs is 1. The summed E-state index contributed by atoms with van der Waals surface area (Å²) in [6.07, 6.45) is 2.43. The second kappa shape index (κ2) is 5.47. The number of anilines is 1. The fourth-order valence-electron chi connectivity index (χ4n) is 2.56. The smallest absolute Gasteiger partial charge is 0.276 e. The molecule has 7 nitrogen and oxygen atoms in total. The van der Waals surface area contributed by atoms with Crippen LogP contribution in [0.5, 0.6) is 0 Å². The highest BCUT2D eigenvalue weighted by Gasteiger charge is 2.25. The van der Waals surface area contributed by atoms with Gasteiger partial charge in [-0.1, -0.05) is 11.2 Å². The second-order valence-corrected chi connectivity index (χ2v) is 6.18. The number of nitrogens with two attached hydrogens (primary N) is 1. The van der Waals surface area contributed by atoms with Gasteiger partial charge in [0.15, 0.2) is 11.5 Å². The predicted octanol–water partition coefficient (Wildman–Crippen LogP) is 1.97. The number of amides is 1. The van der Waals surface area contributed by atoms with Gasteiger partial charge in [0.2, 0.25) is 5.95 Å². The molecule has 0 fully saturated rings. The molecule has 3 aromatic rings. The van der Waals surface area contributed by atoms with E-state index in [0.29, 0.717) is 31.0 Å². The lowest BCUT2D eigenvalue weighted by atomic mass is 10.1. The van der Waals surface area contributed by atoms with Crippen LogP contribution < -0.4 is 5.73 Å². The zero-order valence-electron chi connectivity index (χ0n) is 12.1. The Bertz CT molecular complexity index is 859. The highest BCUT2D eigenvalue weighted by molar-refractivity contribution is 7.13. The Labute approximate surface area is 135 Å². The van der Waals surface area contributed by atoms with Crippen LogP contribution in [0.25, 0.3) is 10.6 Å². The molecule has 23 heavy (non-hydrogen) atoms. The molecule has 0 atom stereocenters. The average Bonchev–Trinajstić information content (AvgIpc) is 3.24. The van der Waals surface area contributed by atoms with E-state index >= 15 is 0 Å². The van der Waals surface area contributed by atoms with Gasteiger partial charge in [0.25, 0.3) is 5.91 Å². The number of nitrogen functional groups attached to an aromatic ring is 1. The lowest BCUT2D eigenvalue weighted by molar-refractivity contribution is 0.0721. The fraction of sp³-hybridized carbons (Fsp3) is 0.200. The molecular weight excluding hydrogens is 314 g/mol. The van der Waals surface area contributed by atoms with Gasteiger partial charge in [-0.15, -0.1) is 11.3 Å². The first-order valence-corrected chi connectivity index (χ1v) is 7.99. The molecule has 2 N–H and O–H groups in total. The van der Waals surface area contributed by atoms with Gasteiger partial charge in [0.1, 0.15) is 0 Å². The van der Waals surface area contributed by atoms with Crippen LogP contribution in [-0.2, 0) is 13.0 Å². The van der Waals surface area contributed by atoms with Crippen LogP contribution >= 0.6 is 11.3 Å². The molecule has 0 spiro atoms. The Morgan fingerprint density at radius 2 is 2.35 bits per heavy atom. The summed E-state index contributed by atoms with van der Waals surface area (Å²) >= 11 is 1.54. The third-order valence-corrected chi connectivity index (χ3v) is 4.63. The summed E-state index contributed by atoms with van der Waals surface area (Å²) in [4.78, 5) is 23.5. The quantitative estimate of drug-likeness (QED) is 0.773. The normalized spacial score (nSPS) is 13.8. The van der Waals surface area contributed by atoms with Crippen LogP contribution in [0, 0.1) is 0 Å². The van der Waals surface area contributed by atoms with Crippen molar-refractivity contribution in [2.75, 3.05) is 12.3 Å². The predicted molar refractivity (Wildman–Crippen MR) is 84.7 cm³/mol. The van der Waals surface area contributed by atoms with E-state index in [9.17, 15) is 4.79 Å². The van der Waals surface area contributed by atoms with Gasteiger partial charge in [-0.3, -0.25) is 4.79 Å². The van der Waals surface area contributed by atoms with Crippen LogP contribution in [0.1, 0.15) is 21.7 Å². The van der Waals surface area contributed by atoms with E-state index in [1.54, 1.807) is 17.2 Å². The minimum atomic E-state index is -0.167. The van der Waals surface area contributed by atoms with Gasteiger partial charge in [-0.25, -0.2) is 9.97 Å². The molecular formula is C15H13N5O2S. The van der Waals surface area contributed by atoms with E-state index in [4.69, 9.17) is 10.3 Å². The van der Waals surface area contributed by atoms with E-state index < -0.39 is 0 Å². The first-order valence-electron chi connectivity index (χ1n) is 7.11. The highest BCUT2D eigenvalue weighted by atomic mass is 32.1. The van der Waals surface area contributed by atoms with Gasteiger partial charge >= 0.3 is 0 Å². The average molecular weight is 327 g/mol. The molecule has 3 aromatic heterocycles. The lowest BCUT2D eigenvalue weighted by Gasteiger charge is -2.27. The van der Waals surface area contributed by atoms with Crippen LogP contribution in [0.4, 0.5) is 5.95 Å². The summed E-state index contributed by atoms with van der Waals surface area (Å²) in [6, 6.07) is 5.53. The van der Waals surface area contributed by atoms with Crippen molar-refractivity contribution in [1.29, 1.82) is 0 Å². The van der Waals surface area contributed by atoms with Crippen LogP contribution in [0.15, 0.2) is 34.3 Å². The molecule has 0 aliphatic carbocycles. The minimum Gasteiger partial charge on any atom is -0.368 e. The molecule has 4 rings (SSSR count). The molecule has 8 heteroatoms. The van der Waals surface area contributed by atoms with E-state index in [0.717, 1.165) is 16.1 Å². The maximum atomic E-state index is 12.6. The standard InChI is InChI=1S/C15H13N5O2S/c16-15-17-7-9-3-4-20(8-11(9)18-15)14(21)10-6-12(22-19-10)13-2-1-5-23-13/h1-2,5-7H,3-4,8H2,(H2,16,17,18). The van der Waals surface area contributed by atoms with Crippen molar-refractivity contribution >= 4 is 23.2 Å². The molecule has 0 saturated heterocycles. The van der Waals surface area contributed by atoms with Crippen LogP contribution in [0.2, 0.25) is 0 Å². The zero-order chi connectivity index (χ0) is 15.8. The minimum absolute atomic E-state index is 0.167. The number of nitrogens with zero attached hydrogens (tertiary/aromatic N) is 4. The van der Waals surface area contributed by atoms with Crippen molar-refractivity contribution in [3.05, 3.63) is 46.7 Å². The van der Waals surface area contributed by atoms with E-state index in [1.165, 1.54) is 11.3 Å². The summed E-state index contributed by atoms with van der Waals surface area (Å²) in [6.45, 7) is 1.00. The Hall–Kier alpha value is -2.74. The summed E-state index contributed by atoms with van der Waals surface area (Å²) < 4.78 is 5.28. The number of aromatic nitrogens is 3. The van der Waals surface area contributed by atoms with Gasteiger partial charge in [-0.05, 0) is 23.4 Å². The Morgan fingerprint density at radius 1 is 1.43 bits per heavy atom. The highest BCUT2D eigenvalue weighted by Crippen LogP contribution is 2.26. The van der Waals surface area contributed by atoms with Crippen LogP contribution in [-0.4, -0.2) is 32.5 Å². The number of carbonyl (C=O) groups excluding carboxylic acids is 1. The van der Waals surface area contributed by atoms with Gasteiger partial charge < -0.3 is 15.2 Å². The van der Waals surface area contributed by atoms with Gasteiger partial charge in [0, 0.05) is 18.8 Å². The summed E-state index contributed by atoms with van der Waals surface area (Å²) in [5, 5.41) is 5.85. The molecule has 0 saturated carbocycles. The molecule has 4 heterocycles. The molecule has 0 unspecified atom stereocenters. The van der Waals surface area contributed by atoms with Gasteiger partial charge in [-0.2, -0.15) is 0 Å². The molecule has 0 bridgehead atoms. The van der Waals surface area contributed by atoms with Crippen molar-refractivity contribution in [3.8, 4) is 10.6 Å². The lowest BCUT2D eigenvalue weighted by Crippen LogP contribution is -2.36. The van der Waals surface area contributed by atoms with E-state index in [2.05, 4.69) is 15.1 Å². The number of hydrogen-bond donors (Lipinski definition) is 1. The Balaban J connectivity index is 1.56. The second-order valence-electron chi connectivity index (χ2n) is 5.23. The number of carbonyl (C=O) groups is 1. The topological polar surface area (TPSA) is 98.1 Å². The zero-order valence-corrected chi connectivity index (χ0v) is 12.9. The molecule has 0 aromatic carbocycles. The molecule has 116 valence electrons. The maximum absolute atomic E-state index is 12.6. The number of thiophene rings is 1. The summed E-state index contributed by atoms with van der Waals surface area (Å²) in [5.41, 5.74) is 7.75. The van der Waals surface area contributed by atoms with Gasteiger partial charge in [0.05, 0.1) is 17.1 Å². The Morgan fingerprint density at radius 3 is 3.17 bits per heavy atom. The van der Waals surface area contributed by atoms with Crippen molar-refractivity contribution < 1.29 is 9.32 Å². The molecule has 1 amide bonds. The maximum Gasteiger partial charge on any atom is 0.276 e.